The summed E-state index contributed by atoms with van der Waals surface area (Å²) in [7, 11) is -0.929. The first-order valence-electron chi connectivity index (χ1n) is 14.1. The summed E-state index contributed by atoms with van der Waals surface area (Å²) in [6.07, 6.45) is 16.7. The van der Waals surface area contributed by atoms with Crippen LogP contribution in [0.3, 0.4) is 0 Å². The van der Waals surface area contributed by atoms with Gasteiger partial charge in [-0.15, -0.1) is 0 Å². The van der Waals surface area contributed by atoms with E-state index in [1.807, 2.05) is 0 Å². The third-order valence-corrected chi connectivity index (χ3v) is 13.0. The second-order valence-corrected chi connectivity index (χ2v) is 15.3. The Kier molecular flexibility index (Phi) is 27.7. The van der Waals surface area contributed by atoms with Crippen molar-refractivity contribution in [2.24, 2.45) is 0 Å². The molecule has 2 unspecified atom stereocenters. The Hall–Kier alpha value is 1.07. The van der Waals surface area contributed by atoms with Crippen LogP contribution in [0.5, 0.6) is 0 Å². The van der Waals surface area contributed by atoms with Crippen molar-refractivity contribution in [3.8, 4) is 0 Å². The van der Waals surface area contributed by atoms with E-state index in [2.05, 4.69) is 48.5 Å². The SMILES string of the molecule is CCCC[Si](CCCC)C(CCC)OC(CC)OC(CCC)[Si](CCCC)CCCC.[Ti]. The first-order chi connectivity index (χ1) is 15.1. The second kappa shape index (κ2) is 25.2. The Bertz CT molecular complexity index is 326. The summed E-state index contributed by atoms with van der Waals surface area (Å²) >= 11 is 0. The van der Waals surface area contributed by atoms with Crippen LogP contribution in [-0.4, -0.2) is 35.3 Å². The molecule has 0 bridgehead atoms. The molecule has 0 amide bonds. The van der Waals surface area contributed by atoms with Crippen LogP contribution in [0, 0.1) is 0 Å². The molecule has 0 aromatic carbocycles. The van der Waals surface area contributed by atoms with Gasteiger partial charge in [0, 0.05) is 33.2 Å². The third kappa shape index (κ3) is 16.7. The minimum absolute atomic E-state index is 0. The van der Waals surface area contributed by atoms with Crippen LogP contribution in [0.1, 0.15) is 132 Å². The maximum atomic E-state index is 6.87. The summed E-state index contributed by atoms with van der Waals surface area (Å²) in [6, 6.07) is 5.68. The van der Waals surface area contributed by atoms with Crippen molar-refractivity contribution in [2.45, 2.75) is 174 Å². The predicted molar refractivity (Wildman–Crippen MR) is 144 cm³/mol. The minimum Gasteiger partial charge on any atom is -0.353 e. The van der Waals surface area contributed by atoms with Gasteiger partial charge in [-0.2, -0.15) is 0 Å². The molecule has 0 aliphatic rings. The molecule has 5 heteroatoms. The Morgan fingerprint density at radius 2 is 0.812 bits per heavy atom. The van der Waals surface area contributed by atoms with Crippen molar-refractivity contribution in [1.82, 2.24) is 0 Å². The molecule has 0 fully saturated rings. The number of rotatable bonds is 23. The zero-order chi connectivity index (χ0) is 23.3. The van der Waals surface area contributed by atoms with Crippen molar-refractivity contribution in [1.29, 1.82) is 0 Å². The Balaban J connectivity index is 0. The Morgan fingerprint density at radius 3 is 1.03 bits per heavy atom. The van der Waals surface area contributed by atoms with Gasteiger partial charge >= 0.3 is 0 Å². The molecule has 0 aliphatic carbocycles. The van der Waals surface area contributed by atoms with Crippen LogP contribution in [0.25, 0.3) is 0 Å². The van der Waals surface area contributed by atoms with E-state index in [1.54, 1.807) is 0 Å². The zero-order valence-electron chi connectivity index (χ0n) is 23.1. The molecular weight excluding hydrogens is 460 g/mol. The van der Waals surface area contributed by atoms with E-state index in [0.717, 1.165) is 6.42 Å². The van der Waals surface area contributed by atoms with Gasteiger partial charge in [0.15, 0.2) is 6.29 Å². The van der Waals surface area contributed by atoms with Crippen LogP contribution in [0.4, 0.5) is 0 Å². The first-order valence-corrected chi connectivity index (χ1v) is 18.1. The van der Waals surface area contributed by atoms with Gasteiger partial charge in [0.1, 0.15) is 0 Å². The predicted octanol–water partition coefficient (Wildman–Crippen LogP) is 9.36. The molecule has 0 rings (SSSR count). The monoisotopic (exact) mass is 518 g/mol. The average Bonchev–Trinajstić information content (AvgIpc) is 2.78. The van der Waals surface area contributed by atoms with Gasteiger partial charge in [0.05, 0.1) is 17.6 Å². The van der Waals surface area contributed by atoms with E-state index >= 15 is 0 Å². The van der Waals surface area contributed by atoms with Crippen molar-refractivity contribution < 1.29 is 31.2 Å². The quantitative estimate of drug-likeness (QED) is 0.0991. The molecule has 2 radical (unpaired) electrons. The molecule has 0 heterocycles. The van der Waals surface area contributed by atoms with Crippen molar-refractivity contribution in [2.75, 3.05) is 0 Å². The van der Waals surface area contributed by atoms with E-state index in [-0.39, 0.29) is 28.0 Å². The molecule has 2 atom stereocenters. The van der Waals surface area contributed by atoms with Crippen molar-refractivity contribution >= 4 is 17.6 Å². The molecule has 0 spiro atoms. The topological polar surface area (TPSA) is 18.5 Å². The van der Waals surface area contributed by atoms with E-state index in [0.29, 0.717) is 11.5 Å². The Morgan fingerprint density at radius 1 is 0.500 bits per heavy atom. The fourth-order valence-corrected chi connectivity index (χ4v) is 11.5. The van der Waals surface area contributed by atoms with Gasteiger partial charge in [-0.25, -0.2) is 0 Å². The fourth-order valence-electron chi connectivity index (χ4n) is 4.36. The number of hydrogen-bond donors (Lipinski definition) is 0. The molecule has 0 aromatic rings. The number of ether oxygens (including phenoxy) is 2. The maximum Gasteiger partial charge on any atom is 0.157 e. The van der Waals surface area contributed by atoms with Crippen LogP contribution in [0.15, 0.2) is 0 Å². The molecular formula is C27H58O2Si2Ti. The normalized spacial score (nSPS) is 14.5. The van der Waals surface area contributed by atoms with Gasteiger partial charge < -0.3 is 9.47 Å². The molecule has 32 heavy (non-hydrogen) atoms. The van der Waals surface area contributed by atoms with Crippen LogP contribution in [-0.2, 0) is 31.2 Å². The van der Waals surface area contributed by atoms with E-state index in [9.17, 15) is 0 Å². The Labute approximate surface area is 221 Å². The average molecular weight is 519 g/mol. The molecule has 0 N–H and O–H groups in total. The summed E-state index contributed by atoms with van der Waals surface area (Å²) in [5.41, 5.74) is 0.949. The third-order valence-electron chi connectivity index (χ3n) is 6.38. The maximum absolute atomic E-state index is 6.87. The molecule has 2 nitrogen and oxygen atoms in total. The van der Waals surface area contributed by atoms with Crippen LogP contribution < -0.4 is 0 Å². The zero-order valence-corrected chi connectivity index (χ0v) is 26.6. The van der Waals surface area contributed by atoms with E-state index < -0.39 is 17.6 Å². The van der Waals surface area contributed by atoms with Gasteiger partial charge in [0.2, 0.25) is 0 Å². The molecule has 190 valence electrons. The van der Waals surface area contributed by atoms with Gasteiger partial charge in [-0.3, -0.25) is 0 Å². The number of unbranched alkanes of at least 4 members (excludes halogenated alkanes) is 4. The van der Waals surface area contributed by atoms with Gasteiger partial charge in [0.25, 0.3) is 0 Å². The summed E-state index contributed by atoms with van der Waals surface area (Å²) < 4.78 is 13.7. The van der Waals surface area contributed by atoms with Crippen molar-refractivity contribution in [3.05, 3.63) is 0 Å². The fraction of sp³-hybridized carbons (Fsp3) is 1.00. The summed E-state index contributed by atoms with van der Waals surface area (Å²) in [5, 5.41) is 0. The largest absolute Gasteiger partial charge is 0.353 e. The molecule has 0 aromatic heterocycles. The first kappa shape index (κ1) is 35.2. The van der Waals surface area contributed by atoms with E-state index in [4.69, 9.17) is 9.47 Å². The van der Waals surface area contributed by atoms with Gasteiger partial charge in [-0.1, -0.05) is 137 Å². The smallest absolute Gasteiger partial charge is 0.157 e. The van der Waals surface area contributed by atoms with Crippen LogP contribution >= 0.6 is 0 Å². The minimum atomic E-state index is -0.465. The molecule has 0 aliphatic heterocycles. The summed E-state index contributed by atoms with van der Waals surface area (Å²) in [5.74, 6) is 0. The second-order valence-electron chi connectivity index (χ2n) is 9.40. The standard InChI is InChI=1S/C27H58O2Si2.Ti/c1-8-15-21-30(22-16-9-2)26(19-12-5)28-25(14-7)29-27(20-13-6)31(23-17-10-3)24-18-11-4;/h25-27H,8-24H2,1-7H3;. The summed E-state index contributed by atoms with van der Waals surface area (Å²) in [4.78, 5) is 0. The number of hydrogen-bond acceptors (Lipinski definition) is 2. The van der Waals surface area contributed by atoms with Gasteiger partial charge in [-0.05, 0) is 19.3 Å². The molecule has 0 saturated carbocycles. The molecule has 0 saturated heterocycles. The summed E-state index contributed by atoms with van der Waals surface area (Å²) in [6.45, 7) is 16.3. The van der Waals surface area contributed by atoms with E-state index in [1.165, 1.54) is 101 Å². The van der Waals surface area contributed by atoms with Crippen LogP contribution in [0.2, 0.25) is 24.2 Å². The van der Waals surface area contributed by atoms with Crippen molar-refractivity contribution in [3.63, 3.8) is 0 Å².